The maximum Gasteiger partial charge on any atom is 0.292 e. The summed E-state index contributed by atoms with van der Waals surface area (Å²) in [6, 6.07) is 5.65. The number of nitrogens with zero attached hydrogens (tertiary/aromatic N) is 5. The van der Waals surface area contributed by atoms with E-state index in [1.807, 2.05) is 24.0 Å². The van der Waals surface area contributed by atoms with E-state index in [0.717, 1.165) is 41.1 Å². The molecule has 0 spiro atoms. The van der Waals surface area contributed by atoms with Gasteiger partial charge in [-0.05, 0) is 31.9 Å². The minimum atomic E-state index is -0.0915. The lowest BCUT2D eigenvalue weighted by Gasteiger charge is -2.31. The van der Waals surface area contributed by atoms with Crippen LogP contribution in [-0.2, 0) is 0 Å². The molecule has 1 saturated heterocycles. The molecule has 4 rings (SSSR count). The maximum absolute atomic E-state index is 12.6. The van der Waals surface area contributed by atoms with E-state index in [1.54, 1.807) is 12.3 Å². The second-order valence-corrected chi connectivity index (χ2v) is 7.40. The van der Waals surface area contributed by atoms with Crippen LogP contribution in [0.25, 0.3) is 11.0 Å². The molecule has 0 aromatic carbocycles. The monoisotopic (exact) mass is 365 g/mol. The number of pyridine rings is 1. The molecule has 1 fully saturated rings. The van der Waals surface area contributed by atoms with E-state index in [2.05, 4.69) is 29.0 Å². The average Bonchev–Trinajstić information content (AvgIpc) is 3.13. The number of rotatable bonds is 3. The van der Waals surface area contributed by atoms with Gasteiger partial charge in [0.1, 0.15) is 5.82 Å². The standard InChI is InChI=1S/C20H23N5O2/c1-12(2)18-22-17(15-5-4-8-21-19(15)23-18)14-6-9-25(10-7-14)20(26)16-11-13(3)24-27-16/h4-5,8,11-12,14H,6-7,9-10H2,1-3H3. The minimum Gasteiger partial charge on any atom is -0.351 e. The van der Waals surface area contributed by atoms with Crippen LogP contribution in [0.5, 0.6) is 0 Å². The number of aryl methyl sites for hydroxylation is 1. The van der Waals surface area contributed by atoms with Crippen molar-refractivity contribution in [2.24, 2.45) is 0 Å². The zero-order chi connectivity index (χ0) is 19.0. The summed E-state index contributed by atoms with van der Waals surface area (Å²) in [6.45, 7) is 7.34. The molecule has 140 valence electrons. The SMILES string of the molecule is Cc1cc(C(=O)N2CCC(c3nc(C(C)C)nc4ncccc34)CC2)on1. The molecule has 0 saturated carbocycles. The third-order valence-corrected chi connectivity index (χ3v) is 5.04. The zero-order valence-electron chi connectivity index (χ0n) is 15.8. The molecule has 0 aliphatic carbocycles. The van der Waals surface area contributed by atoms with Gasteiger partial charge in [-0.25, -0.2) is 15.0 Å². The summed E-state index contributed by atoms with van der Waals surface area (Å²) in [7, 11) is 0. The first kappa shape index (κ1) is 17.6. The number of likely N-dealkylation sites (tertiary alicyclic amines) is 1. The molecule has 3 aromatic rings. The Morgan fingerprint density at radius 1 is 1.26 bits per heavy atom. The van der Waals surface area contributed by atoms with Crippen molar-refractivity contribution in [2.75, 3.05) is 13.1 Å². The molecule has 1 aliphatic heterocycles. The van der Waals surface area contributed by atoms with Gasteiger partial charge < -0.3 is 9.42 Å². The van der Waals surface area contributed by atoms with E-state index in [9.17, 15) is 4.79 Å². The second-order valence-electron chi connectivity index (χ2n) is 7.40. The molecule has 0 bridgehead atoms. The van der Waals surface area contributed by atoms with Crippen LogP contribution >= 0.6 is 0 Å². The van der Waals surface area contributed by atoms with Gasteiger partial charge in [-0.1, -0.05) is 19.0 Å². The van der Waals surface area contributed by atoms with Crippen LogP contribution < -0.4 is 0 Å². The molecule has 27 heavy (non-hydrogen) atoms. The molecule has 1 amide bonds. The third-order valence-electron chi connectivity index (χ3n) is 5.04. The van der Waals surface area contributed by atoms with E-state index in [1.165, 1.54) is 0 Å². The molecule has 1 aliphatic rings. The minimum absolute atomic E-state index is 0.0915. The Bertz CT molecular complexity index is 973. The second kappa shape index (κ2) is 7.06. The van der Waals surface area contributed by atoms with Gasteiger partial charge in [0.2, 0.25) is 5.76 Å². The highest BCUT2D eigenvalue weighted by Crippen LogP contribution is 2.32. The molecule has 0 atom stereocenters. The average molecular weight is 365 g/mol. The predicted molar refractivity (Wildman–Crippen MR) is 101 cm³/mol. The van der Waals surface area contributed by atoms with Crippen LogP contribution in [0.2, 0.25) is 0 Å². The smallest absolute Gasteiger partial charge is 0.292 e. The Hall–Kier alpha value is -2.83. The molecular weight excluding hydrogens is 342 g/mol. The summed E-state index contributed by atoms with van der Waals surface area (Å²) in [4.78, 5) is 28.3. The lowest BCUT2D eigenvalue weighted by atomic mass is 9.91. The first-order valence-electron chi connectivity index (χ1n) is 9.38. The van der Waals surface area contributed by atoms with Crippen LogP contribution in [0.15, 0.2) is 28.9 Å². The van der Waals surface area contributed by atoms with Crippen molar-refractivity contribution >= 4 is 16.9 Å². The maximum atomic E-state index is 12.6. The molecule has 7 nitrogen and oxygen atoms in total. The lowest BCUT2D eigenvalue weighted by molar-refractivity contribution is 0.0670. The van der Waals surface area contributed by atoms with Crippen molar-refractivity contribution in [1.29, 1.82) is 0 Å². The normalized spacial score (nSPS) is 15.6. The van der Waals surface area contributed by atoms with Gasteiger partial charge in [-0.2, -0.15) is 0 Å². The summed E-state index contributed by atoms with van der Waals surface area (Å²) in [5.74, 6) is 1.58. The van der Waals surface area contributed by atoms with Gasteiger partial charge in [0.05, 0.1) is 11.4 Å². The summed E-state index contributed by atoms with van der Waals surface area (Å²) in [6.07, 6.45) is 3.48. The zero-order valence-corrected chi connectivity index (χ0v) is 15.8. The van der Waals surface area contributed by atoms with Gasteiger partial charge in [0, 0.05) is 42.6 Å². The van der Waals surface area contributed by atoms with Crippen LogP contribution in [0.4, 0.5) is 0 Å². The fourth-order valence-corrected chi connectivity index (χ4v) is 3.55. The molecule has 4 heterocycles. The first-order chi connectivity index (χ1) is 13.0. The molecule has 0 radical (unpaired) electrons. The van der Waals surface area contributed by atoms with Crippen molar-refractivity contribution < 1.29 is 9.32 Å². The van der Waals surface area contributed by atoms with Gasteiger partial charge in [0.25, 0.3) is 5.91 Å². The van der Waals surface area contributed by atoms with Gasteiger partial charge in [0.15, 0.2) is 5.65 Å². The van der Waals surface area contributed by atoms with Crippen molar-refractivity contribution in [3.05, 3.63) is 47.4 Å². The molecular formula is C20H23N5O2. The number of hydrogen-bond donors (Lipinski definition) is 0. The fourth-order valence-electron chi connectivity index (χ4n) is 3.55. The third kappa shape index (κ3) is 3.41. The predicted octanol–water partition coefficient (Wildman–Crippen LogP) is 3.46. The molecule has 0 N–H and O–H groups in total. The van der Waals surface area contributed by atoms with Gasteiger partial charge >= 0.3 is 0 Å². The number of aromatic nitrogens is 4. The van der Waals surface area contributed by atoms with E-state index in [0.29, 0.717) is 18.8 Å². The number of fused-ring (bicyclic) bond motifs is 1. The molecule has 3 aromatic heterocycles. The van der Waals surface area contributed by atoms with Crippen molar-refractivity contribution in [2.45, 2.75) is 45.4 Å². The Morgan fingerprint density at radius 2 is 2.04 bits per heavy atom. The Balaban J connectivity index is 1.57. The largest absolute Gasteiger partial charge is 0.351 e. The summed E-state index contributed by atoms with van der Waals surface area (Å²) in [5, 5.41) is 4.82. The summed E-state index contributed by atoms with van der Waals surface area (Å²) in [5.41, 5.74) is 2.52. The number of piperidine rings is 1. The van der Waals surface area contributed by atoms with Crippen LogP contribution in [0.3, 0.4) is 0 Å². The van der Waals surface area contributed by atoms with Crippen LogP contribution in [0, 0.1) is 6.92 Å². The highest BCUT2D eigenvalue weighted by molar-refractivity contribution is 5.91. The Morgan fingerprint density at radius 3 is 2.70 bits per heavy atom. The van der Waals surface area contributed by atoms with Gasteiger partial charge in [-0.3, -0.25) is 4.79 Å². The van der Waals surface area contributed by atoms with E-state index < -0.39 is 0 Å². The van der Waals surface area contributed by atoms with E-state index in [4.69, 9.17) is 9.51 Å². The fraction of sp³-hybridized carbons (Fsp3) is 0.450. The quantitative estimate of drug-likeness (QED) is 0.706. The van der Waals surface area contributed by atoms with E-state index >= 15 is 0 Å². The lowest BCUT2D eigenvalue weighted by Crippen LogP contribution is -2.38. The van der Waals surface area contributed by atoms with Crippen LogP contribution in [-0.4, -0.2) is 44.0 Å². The highest BCUT2D eigenvalue weighted by Gasteiger charge is 2.28. The van der Waals surface area contributed by atoms with Crippen LogP contribution in [0.1, 0.15) is 66.3 Å². The highest BCUT2D eigenvalue weighted by atomic mass is 16.5. The number of carbonyl (C=O) groups excluding carboxylic acids is 1. The molecule has 0 unspecified atom stereocenters. The van der Waals surface area contributed by atoms with Crippen molar-refractivity contribution in [1.82, 2.24) is 25.0 Å². The first-order valence-corrected chi connectivity index (χ1v) is 9.38. The van der Waals surface area contributed by atoms with Gasteiger partial charge in [-0.15, -0.1) is 0 Å². The number of amides is 1. The summed E-state index contributed by atoms with van der Waals surface area (Å²) < 4.78 is 5.12. The van der Waals surface area contributed by atoms with Crippen molar-refractivity contribution in [3.8, 4) is 0 Å². The topological polar surface area (TPSA) is 85.0 Å². The Labute approximate surface area is 157 Å². The number of hydrogen-bond acceptors (Lipinski definition) is 6. The summed E-state index contributed by atoms with van der Waals surface area (Å²) >= 11 is 0. The van der Waals surface area contributed by atoms with Crippen molar-refractivity contribution in [3.63, 3.8) is 0 Å². The number of carbonyl (C=O) groups is 1. The Kier molecular flexibility index (Phi) is 4.59. The molecule has 7 heteroatoms. The van der Waals surface area contributed by atoms with E-state index in [-0.39, 0.29) is 17.7 Å².